The van der Waals surface area contributed by atoms with E-state index in [9.17, 15) is 0 Å². The van der Waals surface area contributed by atoms with Crippen LogP contribution in [-0.2, 0) is 6.42 Å². The van der Waals surface area contributed by atoms with Gasteiger partial charge in [0.05, 0.1) is 0 Å². The van der Waals surface area contributed by atoms with Crippen molar-refractivity contribution in [1.29, 1.82) is 0 Å². The van der Waals surface area contributed by atoms with Gasteiger partial charge in [-0.1, -0.05) is 31.5 Å². The molecule has 1 unspecified atom stereocenters. The molecule has 1 aromatic carbocycles. The van der Waals surface area contributed by atoms with E-state index in [1.54, 1.807) is 0 Å². The van der Waals surface area contributed by atoms with Crippen LogP contribution in [0.2, 0.25) is 0 Å². The quantitative estimate of drug-likeness (QED) is 0.456. The maximum absolute atomic E-state index is 4.52. The Bertz CT molecular complexity index is 532. The Kier molecular flexibility index (Phi) is 7.14. The molecule has 128 valence electrons. The van der Waals surface area contributed by atoms with Crippen LogP contribution < -0.4 is 10.2 Å². The highest BCUT2D eigenvalue weighted by molar-refractivity contribution is 14.0. The van der Waals surface area contributed by atoms with Crippen molar-refractivity contribution in [1.82, 2.24) is 10.2 Å². The van der Waals surface area contributed by atoms with Gasteiger partial charge in [-0.3, -0.25) is 9.89 Å². The molecule has 0 aliphatic carbocycles. The zero-order valence-electron chi connectivity index (χ0n) is 14.3. The lowest BCUT2D eigenvalue weighted by atomic mass is 10.0. The molecule has 1 aromatic rings. The van der Waals surface area contributed by atoms with Gasteiger partial charge in [-0.15, -0.1) is 24.0 Å². The van der Waals surface area contributed by atoms with Crippen molar-refractivity contribution in [2.24, 2.45) is 4.99 Å². The Morgan fingerprint density at radius 3 is 2.87 bits per heavy atom. The molecule has 2 aliphatic rings. The lowest BCUT2D eigenvalue weighted by Gasteiger charge is -2.35. The molecule has 0 amide bonds. The van der Waals surface area contributed by atoms with Crippen LogP contribution in [0, 0.1) is 0 Å². The van der Waals surface area contributed by atoms with E-state index in [2.05, 4.69) is 51.3 Å². The minimum Gasteiger partial charge on any atom is -0.354 e. The van der Waals surface area contributed by atoms with Gasteiger partial charge in [0, 0.05) is 31.9 Å². The lowest BCUT2D eigenvalue weighted by Crippen LogP contribution is -2.49. The van der Waals surface area contributed by atoms with Crippen molar-refractivity contribution in [2.45, 2.75) is 38.6 Å². The Balaban J connectivity index is 0.00000192. The highest BCUT2D eigenvalue weighted by Gasteiger charge is 2.25. The van der Waals surface area contributed by atoms with Gasteiger partial charge >= 0.3 is 0 Å². The number of benzene rings is 1. The number of halogens is 1. The number of nitrogens with zero attached hydrogens (tertiary/aromatic N) is 3. The molecular formula is C18H29IN4. The van der Waals surface area contributed by atoms with E-state index in [1.165, 1.54) is 37.1 Å². The van der Waals surface area contributed by atoms with Crippen LogP contribution in [0.4, 0.5) is 5.69 Å². The van der Waals surface area contributed by atoms with Crippen LogP contribution >= 0.6 is 24.0 Å². The summed E-state index contributed by atoms with van der Waals surface area (Å²) in [5.74, 6) is 1.02. The van der Waals surface area contributed by atoms with Gasteiger partial charge in [0.25, 0.3) is 0 Å². The molecule has 1 fully saturated rings. The zero-order chi connectivity index (χ0) is 15.4. The zero-order valence-corrected chi connectivity index (χ0v) is 16.6. The van der Waals surface area contributed by atoms with Crippen LogP contribution in [0.1, 0.15) is 31.7 Å². The second kappa shape index (κ2) is 8.87. The molecule has 2 heterocycles. The van der Waals surface area contributed by atoms with Crippen LogP contribution in [0.15, 0.2) is 29.3 Å². The van der Waals surface area contributed by atoms with Crippen molar-refractivity contribution in [3.05, 3.63) is 29.8 Å². The normalized spacial score (nSPS) is 21.7. The van der Waals surface area contributed by atoms with Crippen LogP contribution in [-0.4, -0.2) is 50.1 Å². The number of hydrogen-bond acceptors (Lipinski definition) is 2. The maximum atomic E-state index is 4.52. The number of aliphatic imine (C=N–C) groups is 1. The largest absolute Gasteiger partial charge is 0.354 e. The molecule has 0 bridgehead atoms. The Morgan fingerprint density at radius 2 is 2.09 bits per heavy atom. The number of hydrogen-bond donors (Lipinski definition) is 1. The summed E-state index contributed by atoms with van der Waals surface area (Å²) in [4.78, 5) is 9.44. The van der Waals surface area contributed by atoms with E-state index in [1.807, 2.05) is 7.05 Å². The number of nitrogens with one attached hydrogen (secondary N) is 1. The summed E-state index contributed by atoms with van der Waals surface area (Å²) >= 11 is 0. The number of guanidine groups is 1. The average molecular weight is 428 g/mol. The summed E-state index contributed by atoms with van der Waals surface area (Å²) in [5, 5.41) is 3.62. The SMILES string of the molecule is CCN1CCCCC1CNC(=NC)N1CCc2ccccc21.I. The van der Waals surface area contributed by atoms with Crippen molar-refractivity contribution < 1.29 is 0 Å². The van der Waals surface area contributed by atoms with Crippen molar-refractivity contribution in [3.63, 3.8) is 0 Å². The summed E-state index contributed by atoms with van der Waals surface area (Å²) in [7, 11) is 1.89. The van der Waals surface area contributed by atoms with Gasteiger partial charge in [-0.2, -0.15) is 0 Å². The number of likely N-dealkylation sites (N-methyl/N-ethyl adjacent to an activating group) is 1. The molecular weight excluding hydrogens is 399 g/mol. The molecule has 0 saturated carbocycles. The van der Waals surface area contributed by atoms with Crippen LogP contribution in [0.25, 0.3) is 0 Å². The fraction of sp³-hybridized carbons (Fsp3) is 0.611. The van der Waals surface area contributed by atoms with Crippen LogP contribution in [0.5, 0.6) is 0 Å². The van der Waals surface area contributed by atoms with E-state index in [4.69, 9.17) is 0 Å². The average Bonchev–Trinajstić information content (AvgIpc) is 3.00. The van der Waals surface area contributed by atoms with E-state index in [0.29, 0.717) is 6.04 Å². The summed E-state index contributed by atoms with van der Waals surface area (Å²) in [6.45, 7) is 6.69. The molecule has 1 N–H and O–H groups in total. The third kappa shape index (κ3) is 4.18. The molecule has 0 radical (unpaired) electrons. The van der Waals surface area contributed by atoms with Gasteiger partial charge in [0.1, 0.15) is 0 Å². The van der Waals surface area contributed by atoms with Crippen molar-refractivity contribution in [3.8, 4) is 0 Å². The van der Waals surface area contributed by atoms with Gasteiger partial charge in [0.15, 0.2) is 5.96 Å². The predicted octanol–water partition coefficient (Wildman–Crippen LogP) is 3.12. The van der Waals surface area contributed by atoms with E-state index < -0.39 is 0 Å². The fourth-order valence-electron chi connectivity index (χ4n) is 3.77. The monoisotopic (exact) mass is 428 g/mol. The fourth-order valence-corrected chi connectivity index (χ4v) is 3.77. The number of anilines is 1. The third-order valence-electron chi connectivity index (χ3n) is 5.01. The van der Waals surface area contributed by atoms with Gasteiger partial charge < -0.3 is 10.2 Å². The number of piperidine rings is 1. The molecule has 3 rings (SSSR count). The Hall–Kier alpha value is -0.820. The van der Waals surface area contributed by atoms with Crippen molar-refractivity contribution in [2.75, 3.05) is 38.1 Å². The number of para-hydroxylation sites is 1. The molecule has 5 heteroatoms. The molecule has 23 heavy (non-hydrogen) atoms. The van der Waals surface area contributed by atoms with Crippen molar-refractivity contribution >= 4 is 35.6 Å². The smallest absolute Gasteiger partial charge is 0.198 e. The number of fused-ring (bicyclic) bond motifs is 1. The topological polar surface area (TPSA) is 30.9 Å². The van der Waals surface area contributed by atoms with Gasteiger partial charge in [-0.25, -0.2) is 0 Å². The second-order valence-electron chi connectivity index (χ2n) is 6.24. The van der Waals surface area contributed by atoms with E-state index >= 15 is 0 Å². The Morgan fingerprint density at radius 1 is 1.26 bits per heavy atom. The Labute approximate surface area is 157 Å². The van der Waals surface area contributed by atoms with E-state index in [0.717, 1.165) is 32.0 Å². The summed E-state index contributed by atoms with van der Waals surface area (Å²) in [6, 6.07) is 9.31. The predicted molar refractivity (Wildman–Crippen MR) is 109 cm³/mol. The molecule has 0 aromatic heterocycles. The highest BCUT2D eigenvalue weighted by atomic mass is 127. The second-order valence-corrected chi connectivity index (χ2v) is 6.24. The maximum Gasteiger partial charge on any atom is 0.198 e. The number of likely N-dealkylation sites (tertiary alicyclic amines) is 1. The molecule has 1 atom stereocenters. The first-order valence-corrected chi connectivity index (χ1v) is 8.63. The van der Waals surface area contributed by atoms with Crippen LogP contribution in [0.3, 0.4) is 0 Å². The molecule has 0 spiro atoms. The summed E-state index contributed by atoms with van der Waals surface area (Å²) < 4.78 is 0. The number of rotatable bonds is 3. The molecule has 4 nitrogen and oxygen atoms in total. The molecule has 2 aliphatic heterocycles. The van der Waals surface area contributed by atoms with Gasteiger partial charge in [-0.05, 0) is 44.0 Å². The summed E-state index contributed by atoms with van der Waals surface area (Å²) in [5.41, 5.74) is 2.74. The minimum absolute atomic E-state index is 0. The first-order chi connectivity index (χ1) is 10.8. The first-order valence-electron chi connectivity index (χ1n) is 8.63. The molecule has 1 saturated heterocycles. The minimum atomic E-state index is 0. The van der Waals surface area contributed by atoms with Gasteiger partial charge in [0.2, 0.25) is 0 Å². The lowest BCUT2D eigenvalue weighted by molar-refractivity contribution is 0.157. The summed E-state index contributed by atoms with van der Waals surface area (Å²) in [6.07, 6.45) is 5.11. The first kappa shape index (κ1) is 18.5. The standard InChI is InChI=1S/C18H28N4.HI/c1-3-21-12-7-6-9-16(21)14-20-18(19-2)22-13-11-15-8-4-5-10-17(15)22;/h4-5,8,10,16H,3,6-7,9,11-14H2,1-2H3,(H,19,20);1H. The highest BCUT2D eigenvalue weighted by Crippen LogP contribution is 2.27. The van der Waals surface area contributed by atoms with E-state index in [-0.39, 0.29) is 24.0 Å². The third-order valence-corrected chi connectivity index (χ3v) is 5.01.